The van der Waals surface area contributed by atoms with Gasteiger partial charge in [0.1, 0.15) is 13.2 Å². The van der Waals surface area contributed by atoms with Gasteiger partial charge in [0, 0.05) is 6.04 Å². The minimum atomic E-state index is -4.37. The number of nitrogens with one attached hydrogen (secondary N) is 2. The lowest BCUT2D eigenvalue weighted by molar-refractivity contribution is -0.141. The molecule has 2 N–H and O–H groups in total. The molecule has 0 aliphatic carbocycles. The zero-order chi connectivity index (χ0) is 12.0. The molecule has 7 heteroatoms. The van der Waals surface area contributed by atoms with Gasteiger partial charge in [-0.3, -0.25) is 4.79 Å². The lowest BCUT2D eigenvalue weighted by Gasteiger charge is -2.11. The van der Waals surface area contributed by atoms with Crippen molar-refractivity contribution >= 4 is 5.91 Å². The highest BCUT2D eigenvalue weighted by Crippen LogP contribution is 2.12. The monoisotopic (exact) mass is 240 g/mol. The molecule has 0 bridgehead atoms. The zero-order valence-corrected chi connectivity index (χ0v) is 8.77. The lowest BCUT2D eigenvalue weighted by Crippen LogP contribution is -2.37. The van der Waals surface area contributed by atoms with Crippen molar-refractivity contribution in [3.63, 3.8) is 0 Å². The van der Waals surface area contributed by atoms with E-state index in [9.17, 15) is 18.0 Å². The molecule has 4 nitrogen and oxygen atoms in total. The third-order valence-corrected chi connectivity index (χ3v) is 2.20. The van der Waals surface area contributed by atoms with Crippen LogP contribution in [0, 0.1) is 0 Å². The summed E-state index contributed by atoms with van der Waals surface area (Å²) >= 11 is 0. The normalized spacial score (nSPS) is 21.1. The van der Waals surface area contributed by atoms with Crippen molar-refractivity contribution in [3.8, 4) is 0 Å². The van der Waals surface area contributed by atoms with Crippen LogP contribution in [0.5, 0.6) is 0 Å². The molecule has 1 rings (SSSR count). The smallest absolute Gasteiger partial charge is 0.370 e. The molecule has 0 spiro atoms. The van der Waals surface area contributed by atoms with E-state index < -0.39 is 18.6 Å². The minimum absolute atomic E-state index is 0.218. The van der Waals surface area contributed by atoms with Crippen LogP contribution in [-0.4, -0.2) is 44.4 Å². The molecule has 1 atom stereocenters. The first-order chi connectivity index (χ1) is 7.47. The van der Waals surface area contributed by atoms with Crippen molar-refractivity contribution in [2.24, 2.45) is 0 Å². The highest BCUT2D eigenvalue weighted by atomic mass is 19.4. The molecule has 16 heavy (non-hydrogen) atoms. The van der Waals surface area contributed by atoms with Crippen molar-refractivity contribution in [1.29, 1.82) is 0 Å². The van der Waals surface area contributed by atoms with Gasteiger partial charge in [0.05, 0.1) is 6.61 Å². The van der Waals surface area contributed by atoms with Gasteiger partial charge < -0.3 is 15.4 Å². The fraction of sp³-hybridized carbons (Fsp3) is 0.889. The summed E-state index contributed by atoms with van der Waals surface area (Å²) in [6.45, 7) is -0.348. The number of carbonyl (C=O) groups excluding carboxylic acids is 1. The van der Waals surface area contributed by atoms with Gasteiger partial charge in [0.2, 0.25) is 5.91 Å². The first-order valence-corrected chi connectivity index (χ1v) is 5.12. The fourth-order valence-corrected chi connectivity index (χ4v) is 1.44. The molecular weight excluding hydrogens is 225 g/mol. The Hall–Kier alpha value is -0.820. The fourth-order valence-electron chi connectivity index (χ4n) is 1.44. The van der Waals surface area contributed by atoms with Crippen molar-refractivity contribution in [2.45, 2.75) is 25.1 Å². The molecule has 0 radical (unpaired) electrons. The number of hydrogen-bond donors (Lipinski definition) is 2. The topological polar surface area (TPSA) is 50.4 Å². The number of amides is 1. The van der Waals surface area contributed by atoms with Gasteiger partial charge in [0.25, 0.3) is 0 Å². The van der Waals surface area contributed by atoms with Crippen molar-refractivity contribution in [3.05, 3.63) is 0 Å². The van der Waals surface area contributed by atoms with Gasteiger partial charge >= 0.3 is 6.18 Å². The second kappa shape index (κ2) is 6.05. The summed E-state index contributed by atoms with van der Waals surface area (Å²) in [5.74, 6) is -0.740. The number of rotatable bonds is 5. The van der Waals surface area contributed by atoms with E-state index >= 15 is 0 Å². The maximum atomic E-state index is 11.7. The van der Waals surface area contributed by atoms with Crippen LogP contribution in [0.25, 0.3) is 0 Å². The van der Waals surface area contributed by atoms with E-state index in [4.69, 9.17) is 4.74 Å². The van der Waals surface area contributed by atoms with Gasteiger partial charge in [0.15, 0.2) is 0 Å². The Labute approximate surface area is 91.5 Å². The molecule has 0 aromatic heterocycles. The second-order valence-electron chi connectivity index (χ2n) is 3.70. The largest absolute Gasteiger partial charge is 0.405 e. The Morgan fingerprint density at radius 1 is 1.50 bits per heavy atom. The molecule has 1 amide bonds. The summed E-state index contributed by atoms with van der Waals surface area (Å²) < 4.78 is 40.2. The van der Waals surface area contributed by atoms with Crippen LogP contribution in [-0.2, 0) is 9.53 Å². The molecule has 1 saturated heterocycles. The summed E-state index contributed by atoms with van der Waals surface area (Å²) in [7, 11) is 0. The maximum absolute atomic E-state index is 11.7. The van der Waals surface area contributed by atoms with Gasteiger partial charge in [-0.2, -0.15) is 13.2 Å². The molecule has 0 aromatic rings. The molecule has 1 aliphatic heterocycles. The molecule has 1 heterocycles. The summed E-state index contributed by atoms with van der Waals surface area (Å²) in [5, 5.41) is 4.89. The summed E-state index contributed by atoms with van der Waals surface area (Å²) in [6, 6.07) is 0.218. The Bertz CT molecular complexity index is 227. The number of halogens is 3. The van der Waals surface area contributed by atoms with E-state index in [-0.39, 0.29) is 12.6 Å². The van der Waals surface area contributed by atoms with E-state index in [1.807, 2.05) is 0 Å². The molecular formula is C9H15F3N2O2. The molecule has 0 saturated carbocycles. The van der Waals surface area contributed by atoms with Crippen molar-refractivity contribution in [2.75, 3.05) is 26.3 Å². The SMILES string of the molecule is O=C(COCC1CCCN1)NCC(F)(F)F. The minimum Gasteiger partial charge on any atom is -0.370 e. The molecule has 1 fully saturated rings. The quantitative estimate of drug-likeness (QED) is 0.733. The number of alkyl halides is 3. The number of hydrogen-bond acceptors (Lipinski definition) is 3. The highest BCUT2D eigenvalue weighted by molar-refractivity contribution is 5.77. The van der Waals surface area contributed by atoms with E-state index in [0.717, 1.165) is 19.4 Å². The highest BCUT2D eigenvalue weighted by Gasteiger charge is 2.27. The number of ether oxygens (including phenoxy) is 1. The summed E-state index contributed by atoms with van der Waals surface area (Å²) in [6.07, 6.45) is -2.33. The van der Waals surface area contributed by atoms with Crippen LogP contribution in [0.3, 0.4) is 0 Å². The summed E-state index contributed by atoms with van der Waals surface area (Å²) in [5.41, 5.74) is 0. The van der Waals surface area contributed by atoms with E-state index in [1.165, 1.54) is 0 Å². The first kappa shape index (κ1) is 13.2. The first-order valence-electron chi connectivity index (χ1n) is 5.12. The van der Waals surface area contributed by atoms with E-state index in [0.29, 0.717) is 6.61 Å². The van der Waals surface area contributed by atoms with Crippen LogP contribution in [0.1, 0.15) is 12.8 Å². The predicted molar refractivity (Wildman–Crippen MR) is 50.9 cm³/mol. The zero-order valence-electron chi connectivity index (χ0n) is 8.77. The maximum Gasteiger partial charge on any atom is 0.405 e. The van der Waals surface area contributed by atoms with Crippen LogP contribution < -0.4 is 10.6 Å². The van der Waals surface area contributed by atoms with Crippen LogP contribution in [0.2, 0.25) is 0 Å². The third-order valence-electron chi connectivity index (χ3n) is 2.20. The predicted octanol–water partition coefficient (Wildman–Crippen LogP) is 0.433. The van der Waals surface area contributed by atoms with Gasteiger partial charge in [-0.05, 0) is 19.4 Å². The Morgan fingerprint density at radius 2 is 2.25 bits per heavy atom. The Kier molecular flexibility index (Phi) is 5.01. The van der Waals surface area contributed by atoms with Gasteiger partial charge in [-0.25, -0.2) is 0 Å². The van der Waals surface area contributed by atoms with Crippen LogP contribution >= 0.6 is 0 Å². The van der Waals surface area contributed by atoms with Crippen molar-refractivity contribution in [1.82, 2.24) is 10.6 Å². The van der Waals surface area contributed by atoms with Gasteiger partial charge in [-0.15, -0.1) is 0 Å². The Balaban J connectivity index is 2.01. The van der Waals surface area contributed by atoms with Crippen LogP contribution in [0.15, 0.2) is 0 Å². The lowest BCUT2D eigenvalue weighted by atomic mass is 10.2. The average molecular weight is 240 g/mol. The van der Waals surface area contributed by atoms with Crippen LogP contribution in [0.4, 0.5) is 13.2 Å². The van der Waals surface area contributed by atoms with E-state index in [2.05, 4.69) is 5.32 Å². The second-order valence-corrected chi connectivity index (χ2v) is 3.70. The molecule has 0 aromatic carbocycles. The third kappa shape index (κ3) is 5.92. The molecule has 1 aliphatic rings. The average Bonchev–Trinajstić information content (AvgIpc) is 2.66. The van der Waals surface area contributed by atoms with E-state index in [1.54, 1.807) is 5.32 Å². The van der Waals surface area contributed by atoms with Gasteiger partial charge in [-0.1, -0.05) is 0 Å². The van der Waals surface area contributed by atoms with Crippen molar-refractivity contribution < 1.29 is 22.7 Å². The summed E-state index contributed by atoms with van der Waals surface area (Å²) in [4.78, 5) is 10.9. The standard InChI is InChI=1S/C9H15F3N2O2/c10-9(11,12)6-14-8(15)5-16-4-7-2-1-3-13-7/h7,13H,1-6H2,(H,14,15). The molecule has 1 unspecified atom stereocenters. The Morgan fingerprint density at radius 3 is 2.81 bits per heavy atom. The molecule has 94 valence electrons. The number of carbonyl (C=O) groups is 1.